The number of hydrogen-bond acceptors (Lipinski definition) is 4. The lowest BCUT2D eigenvalue weighted by Gasteiger charge is -2.40. The zero-order valence-electron chi connectivity index (χ0n) is 17.9. The molecule has 30 heavy (non-hydrogen) atoms. The van der Waals surface area contributed by atoms with Gasteiger partial charge in [-0.15, -0.1) is 0 Å². The molecule has 1 aliphatic heterocycles. The van der Waals surface area contributed by atoms with Gasteiger partial charge in [-0.05, 0) is 37.5 Å². The van der Waals surface area contributed by atoms with Gasteiger partial charge >= 0.3 is 0 Å². The van der Waals surface area contributed by atoms with Crippen LogP contribution in [0.2, 0.25) is 0 Å². The number of amides is 1. The van der Waals surface area contributed by atoms with Crippen molar-refractivity contribution in [2.75, 3.05) is 33.2 Å². The normalized spacial score (nSPS) is 20.9. The quantitative estimate of drug-likeness (QED) is 0.704. The molecular weight excluding hydrogens is 407 g/mol. The van der Waals surface area contributed by atoms with Crippen molar-refractivity contribution in [3.63, 3.8) is 0 Å². The first kappa shape index (κ1) is 23.1. The van der Waals surface area contributed by atoms with E-state index in [-0.39, 0.29) is 23.8 Å². The van der Waals surface area contributed by atoms with Gasteiger partial charge in [0.1, 0.15) is 5.82 Å². The van der Waals surface area contributed by atoms with E-state index in [0.29, 0.717) is 32.7 Å². The van der Waals surface area contributed by atoms with Gasteiger partial charge in [0.05, 0.1) is 6.04 Å². The minimum absolute atomic E-state index is 0.0953. The Kier molecular flexibility index (Phi) is 7.84. The number of halogens is 1. The molecule has 9 heteroatoms. The van der Waals surface area contributed by atoms with Crippen LogP contribution in [0.5, 0.6) is 0 Å². The van der Waals surface area contributed by atoms with E-state index in [1.165, 1.54) is 18.6 Å². The van der Waals surface area contributed by atoms with Gasteiger partial charge in [0.15, 0.2) is 0 Å². The van der Waals surface area contributed by atoms with Crippen LogP contribution in [-0.2, 0) is 21.5 Å². The number of carbonyl (C=O) groups excluding carboxylic acids is 1. The first-order valence-electron chi connectivity index (χ1n) is 10.8. The maximum Gasteiger partial charge on any atom is 0.282 e. The van der Waals surface area contributed by atoms with Gasteiger partial charge in [-0.2, -0.15) is 17.0 Å². The summed E-state index contributed by atoms with van der Waals surface area (Å²) >= 11 is 0. The third kappa shape index (κ3) is 5.57. The molecular formula is C21H33FN4O3S. The predicted octanol–water partition coefficient (Wildman–Crippen LogP) is 1.96. The molecule has 3 rings (SSSR count). The summed E-state index contributed by atoms with van der Waals surface area (Å²) < 4.78 is 42.1. The monoisotopic (exact) mass is 440 g/mol. The molecule has 168 valence electrons. The summed E-state index contributed by atoms with van der Waals surface area (Å²) in [6, 6.07) is 5.77. The zero-order chi connectivity index (χ0) is 21.7. The Labute approximate surface area is 179 Å². The average Bonchev–Trinajstić information content (AvgIpc) is 2.78. The van der Waals surface area contributed by atoms with Crippen molar-refractivity contribution in [2.24, 2.45) is 0 Å². The van der Waals surface area contributed by atoms with Crippen molar-refractivity contribution >= 4 is 16.1 Å². The highest BCUT2D eigenvalue weighted by Gasteiger charge is 2.36. The van der Waals surface area contributed by atoms with Gasteiger partial charge in [0.2, 0.25) is 5.91 Å². The fraction of sp³-hybridized carbons (Fsp3) is 0.667. The second-order valence-electron chi connectivity index (χ2n) is 8.27. The highest BCUT2D eigenvalue weighted by molar-refractivity contribution is 7.86. The lowest BCUT2D eigenvalue weighted by Crippen LogP contribution is -2.57. The first-order chi connectivity index (χ1) is 14.3. The van der Waals surface area contributed by atoms with Gasteiger partial charge in [-0.1, -0.05) is 31.4 Å². The summed E-state index contributed by atoms with van der Waals surface area (Å²) in [5, 5.41) is 2.88. The van der Waals surface area contributed by atoms with Crippen LogP contribution in [0, 0.1) is 5.82 Å². The van der Waals surface area contributed by atoms with Crippen LogP contribution in [0.25, 0.3) is 0 Å². The molecule has 1 aromatic carbocycles. The maximum absolute atomic E-state index is 13.0. The van der Waals surface area contributed by atoms with E-state index >= 15 is 0 Å². The lowest BCUT2D eigenvalue weighted by molar-refractivity contribution is -0.126. The van der Waals surface area contributed by atoms with Gasteiger partial charge in [-0.25, -0.2) is 4.39 Å². The van der Waals surface area contributed by atoms with Crippen LogP contribution in [0.3, 0.4) is 0 Å². The fourth-order valence-electron chi connectivity index (χ4n) is 4.24. The molecule has 1 N–H and O–H groups in total. The van der Waals surface area contributed by atoms with Crippen LogP contribution in [0.1, 0.15) is 44.6 Å². The summed E-state index contributed by atoms with van der Waals surface area (Å²) in [6.45, 7) is 3.97. The number of nitrogens with one attached hydrogen (secondary N) is 1. The minimum atomic E-state index is -3.47. The molecule has 2 aliphatic rings. The number of benzene rings is 1. The smallest absolute Gasteiger partial charge is 0.282 e. The van der Waals surface area contributed by atoms with Crippen LogP contribution in [0.15, 0.2) is 24.3 Å². The number of carbonyl (C=O) groups is 1. The molecule has 0 radical (unpaired) electrons. The number of nitrogens with zero attached hydrogens (tertiary/aromatic N) is 3. The molecule has 1 unspecified atom stereocenters. The summed E-state index contributed by atoms with van der Waals surface area (Å²) in [5.41, 5.74) is 0.832. The summed E-state index contributed by atoms with van der Waals surface area (Å²) in [4.78, 5) is 14.5. The van der Waals surface area contributed by atoms with E-state index in [9.17, 15) is 17.6 Å². The van der Waals surface area contributed by atoms with E-state index in [0.717, 1.165) is 31.2 Å². The molecule has 1 atom stereocenters. The van der Waals surface area contributed by atoms with Crippen molar-refractivity contribution in [3.8, 4) is 0 Å². The van der Waals surface area contributed by atoms with Crippen LogP contribution < -0.4 is 5.32 Å². The Hall–Kier alpha value is -1.55. The predicted molar refractivity (Wildman–Crippen MR) is 114 cm³/mol. The minimum Gasteiger partial charge on any atom is -0.351 e. The highest BCUT2D eigenvalue weighted by atomic mass is 32.2. The summed E-state index contributed by atoms with van der Waals surface area (Å²) in [6.07, 6.45) is 5.22. The van der Waals surface area contributed by atoms with Crippen LogP contribution >= 0.6 is 0 Å². The molecule has 7 nitrogen and oxygen atoms in total. The Morgan fingerprint density at radius 3 is 2.33 bits per heavy atom. The first-order valence-corrected chi connectivity index (χ1v) is 12.2. The molecule has 0 spiro atoms. The maximum atomic E-state index is 13.0. The number of piperazine rings is 1. The third-order valence-corrected chi connectivity index (χ3v) is 8.40. The van der Waals surface area contributed by atoms with E-state index in [2.05, 4.69) is 5.32 Å². The van der Waals surface area contributed by atoms with E-state index in [4.69, 9.17) is 0 Å². The van der Waals surface area contributed by atoms with Gasteiger partial charge in [0, 0.05) is 45.8 Å². The van der Waals surface area contributed by atoms with Gasteiger partial charge in [-0.3, -0.25) is 9.69 Å². The molecule has 1 saturated carbocycles. The van der Waals surface area contributed by atoms with Crippen LogP contribution in [-0.4, -0.2) is 73.1 Å². The summed E-state index contributed by atoms with van der Waals surface area (Å²) in [7, 11) is -1.77. The van der Waals surface area contributed by atoms with Gasteiger partial charge in [0.25, 0.3) is 10.2 Å². The van der Waals surface area contributed by atoms with Crippen molar-refractivity contribution in [3.05, 3.63) is 35.6 Å². The number of hydrogen-bond donors (Lipinski definition) is 1. The second-order valence-corrected chi connectivity index (χ2v) is 10.3. The van der Waals surface area contributed by atoms with Crippen molar-refractivity contribution < 1.29 is 17.6 Å². The Morgan fingerprint density at radius 2 is 1.73 bits per heavy atom. The zero-order valence-corrected chi connectivity index (χ0v) is 18.7. The van der Waals surface area contributed by atoms with E-state index in [1.807, 2.05) is 11.8 Å². The molecule has 0 aromatic heterocycles. The lowest BCUT2D eigenvalue weighted by atomic mass is 9.96. The average molecular weight is 441 g/mol. The molecule has 1 saturated heterocycles. The van der Waals surface area contributed by atoms with Crippen LogP contribution in [0.4, 0.5) is 4.39 Å². The Bertz CT molecular complexity index is 804. The Balaban J connectivity index is 1.48. The Morgan fingerprint density at radius 1 is 1.13 bits per heavy atom. The fourth-order valence-corrected chi connectivity index (χ4v) is 5.82. The van der Waals surface area contributed by atoms with E-state index < -0.39 is 10.2 Å². The second kappa shape index (κ2) is 10.2. The molecule has 1 heterocycles. The van der Waals surface area contributed by atoms with Crippen molar-refractivity contribution in [1.82, 2.24) is 18.8 Å². The highest BCUT2D eigenvalue weighted by Crippen LogP contribution is 2.25. The third-order valence-electron chi connectivity index (χ3n) is 6.36. The molecule has 1 aromatic rings. The molecule has 1 amide bonds. The molecule has 2 fully saturated rings. The molecule has 0 bridgehead atoms. The van der Waals surface area contributed by atoms with Crippen molar-refractivity contribution in [2.45, 2.75) is 57.7 Å². The van der Waals surface area contributed by atoms with Gasteiger partial charge < -0.3 is 5.32 Å². The number of rotatable bonds is 7. The standard InChI is InChI=1S/C21H33FN4O3S/c1-17(21(27)23-16-18-8-10-19(22)11-9-18)25-12-14-26(15-13-25)30(28,29)24(2)20-6-4-3-5-7-20/h8-11,17,20H,3-7,12-16H2,1-2H3,(H,23,27). The van der Waals surface area contributed by atoms with E-state index in [1.54, 1.807) is 27.8 Å². The topological polar surface area (TPSA) is 73.0 Å². The molecule has 1 aliphatic carbocycles. The van der Waals surface area contributed by atoms with Crippen molar-refractivity contribution in [1.29, 1.82) is 0 Å². The summed E-state index contributed by atoms with van der Waals surface area (Å²) in [5.74, 6) is -0.421. The SMILES string of the molecule is CC(C(=O)NCc1ccc(F)cc1)N1CCN(S(=O)(=O)N(C)C2CCCCC2)CC1. The largest absolute Gasteiger partial charge is 0.351 e.